The lowest BCUT2D eigenvalue weighted by Gasteiger charge is -2.11. The molecule has 0 spiro atoms. The van der Waals surface area contributed by atoms with Crippen molar-refractivity contribution in [3.05, 3.63) is 12.2 Å². The average Bonchev–Trinajstić information content (AvgIpc) is 1.76. The molecule has 0 amide bonds. The Hall–Kier alpha value is -0.525. The number of rotatable bonds is 2. The first-order valence-corrected chi connectivity index (χ1v) is 4.44. The quantitative estimate of drug-likeness (QED) is 0.438. The SMILES string of the molecule is BC(C)(C)/N=C\C=C/C(C)(C)C. The van der Waals surface area contributed by atoms with Crippen LogP contribution in [-0.4, -0.2) is 19.5 Å². The highest BCUT2D eigenvalue weighted by atomic mass is 14.8. The zero-order valence-corrected chi connectivity index (χ0v) is 9.18. The minimum Gasteiger partial charge on any atom is -0.296 e. The minimum absolute atomic E-state index is 0.0439. The Balaban J connectivity index is 4.00. The molecular formula is C10H20BN. The van der Waals surface area contributed by atoms with Crippen LogP contribution in [0.1, 0.15) is 34.6 Å². The van der Waals surface area contributed by atoms with Gasteiger partial charge in [0.05, 0.1) is 0 Å². The van der Waals surface area contributed by atoms with E-state index >= 15 is 0 Å². The molecule has 0 fully saturated rings. The predicted molar refractivity (Wildman–Crippen MR) is 59.7 cm³/mol. The first kappa shape index (κ1) is 11.5. The minimum atomic E-state index is 0.0439. The van der Waals surface area contributed by atoms with Gasteiger partial charge in [0, 0.05) is 11.7 Å². The molecule has 0 saturated carbocycles. The summed E-state index contributed by atoms with van der Waals surface area (Å²) in [6.45, 7) is 10.7. The first-order chi connectivity index (χ1) is 5.21. The highest BCUT2D eigenvalue weighted by molar-refractivity contribution is 6.15. The van der Waals surface area contributed by atoms with Crippen LogP contribution < -0.4 is 0 Å². The topological polar surface area (TPSA) is 12.4 Å². The average molecular weight is 165 g/mol. The predicted octanol–water partition coefficient (Wildman–Crippen LogP) is 2.03. The third kappa shape index (κ3) is 9.47. The standard InChI is InChI=1S/C10H20BN/c1-9(2,3)7-6-8-12-10(4,5)11/h6-8H,11H2,1-5H3/b7-6-,12-8-. The van der Waals surface area contributed by atoms with Gasteiger partial charge in [-0.05, 0) is 25.3 Å². The van der Waals surface area contributed by atoms with Crippen molar-refractivity contribution >= 4 is 14.1 Å². The third-order valence-electron chi connectivity index (χ3n) is 1.14. The van der Waals surface area contributed by atoms with E-state index in [0.29, 0.717) is 0 Å². The van der Waals surface area contributed by atoms with Crippen molar-refractivity contribution in [1.82, 2.24) is 0 Å². The Bertz CT molecular complexity index is 157. The van der Waals surface area contributed by atoms with Crippen LogP contribution in [0.25, 0.3) is 0 Å². The molecule has 0 aliphatic heterocycles. The molecule has 0 atom stereocenters. The summed E-state index contributed by atoms with van der Waals surface area (Å²) >= 11 is 0. The zero-order chi connectivity index (χ0) is 9.83. The maximum Gasteiger partial charge on any atom is 0.136 e. The molecule has 0 aromatic carbocycles. The van der Waals surface area contributed by atoms with E-state index in [1.54, 1.807) is 0 Å². The van der Waals surface area contributed by atoms with Crippen molar-refractivity contribution in [2.24, 2.45) is 10.4 Å². The highest BCUT2D eigenvalue weighted by Gasteiger charge is 2.04. The number of allylic oxidation sites excluding steroid dienone is 2. The monoisotopic (exact) mass is 165 g/mol. The van der Waals surface area contributed by atoms with Crippen LogP contribution in [-0.2, 0) is 0 Å². The summed E-state index contributed by atoms with van der Waals surface area (Å²) in [5.74, 6) is 0. The fourth-order valence-electron chi connectivity index (χ4n) is 0.598. The van der Waals surface area contributed by atoms with Gasteiger partial charge in [-0.25, -0.2) is 0 Å². The Morgan fingerprint density at radius 3 is 1.92 bits per heavy atom. The van der Waals surface area contributed by atoms with Crippen molar-refractivity contribution in [3.8, 4) is 0 Å². The molecule has 0 aromatic heterocycles. The normalized spacial score (nSPS) is 14.8. The molecular weight excluding hydrogens is 145 g/mol. The van der Waals surface area contributed by atoms with E-state index in [0.717, 1.165) is 0 Å². The van der Waals surface area contributed by atoms with E-state index in [1.165, 1.54) is 0 Å². The second-order valence-electron chi connectivity index (χ2n) is 5.17. The molecule has 68 valence electrons. The van der Waals surface area contributed by atoms with E-state index in [2.05, 4.69) is 53.5 Å². The van der Waals surface area contributed by atoms with Gasteiger partial charge in [0.1, 0.15) is 7.85 Å². The summed E-state index contributed by atoms with van der Waals surface area (Å²) in [6, 6.07) is 0. The highest BCUT2D eigenvalue weighted by Crippen LogP contribution is 2.13. The molecule has 0 aliphatic rings. The second kappa shape index (κ2) is 3.93. The van der Waals surface area contributed by atoms with Gasteiger partial charge in [-0.1, -0.05) is 26.8 Å². The van der Waals surface area contributed by atoms with E-state index in [9.17, 15) is 0 Å². The molecule has 0 saturated heterocycles. The van der Waals surface area contributed by atoms with Gasteiger partial charge in [0.2, 0.25) is 0 Å². The lowest BCUT2D eigenvalue weighted by atomic mass is 9.83. The van der Waals surface area contributed by atoms with Crippen LogP contribution in [0.4, 0.5) is 0 Å². The van der Waals surface area contributed by atoms with Crippen LogP contribution >= 0.6 is 0 Å². The van der Waals surface area contributed by atoms with E-state index in [-0.39, 0.29) is 10.9 Å². The summed E-state index contributed by atoms with van der Waals surface area (Å²) in [7, 11) is 2.09. The Morgan fingerprint density at radius 1 is 1.08 bits per heavy atom. The van der Waals surface area contributed by atoms with Crippen molar-refractivity contribution in [3.63, 3.8) is 0 Å². The van der Waals surface area contributed by atoms with Gasteiger partial charge in [-0.3, -0.25) is 4.99 Å². The lowest BCUT2D eigenvalue weighted by molar-refractivity contribution is 0.545. The lowest BCUT2D eigenvalue weighted by Crippen LogP contribution is -2.15. The molecule has 0 heterocycles. The summed E-state index contributed by atoms with van der Waals surface area (Å²) < 4.78 is 0. The molecule has 0 aliphatic carbocycles. The van der Waals surface area contributed by atoms with Crippen molar-refractivity contribution in [1.29, 1.82) is 0 Å². The van der Waals surface area contributed by atoms with E-state index in [1.807, 2.05) is 12.3 Å². The number of nitrogens with zero attached hydrogens (tertiary/aromatic N) is 1. The maximum absolute atomic E-state index is 4.35. The Kier molecular flexibility index (Phi) is 3.76. The Labute approximate surface area is 77.4 Å². The van der Waals surface area contributed by atoms with Gasteiger partial charge in [-0.15, -0.1) is 0 Å². The van der Waals surface area contributed by atoms with Crippen LogP contribution in [0.15, 0.2) is 17.1 Å². The van der Waals surface area contributed by atoms with Gasteiger partial charge >= 0.3 is 0 Å². The smallest absolute Gasteiger partial charge is 0.136 e. The fraction of sp³-hybridized carbons (Fsp3) is 0.700. The van der Waals surface area contributed by atoms with Crippen LogP contribution in [0.2, 0.25) is 0 Å². The summed E-state index contributed by atoms with van der Waals surface area (Å²) in [6.07, 6.45) is 6.05. The fourth-order valence-corrected chi connectivity index (χ4v) is 0.598. The number of hydrogen-bond donors (Lipinski definition) is 0. The van der Waals surface area contributed by atoms with Gasteiger partial charge in [0.25, 0.3) is 0 Å². The first-order valence-electron chi connectivity index (χ1n) is 4.44. The van der Waals surface area contributed by atoms with Gasteiger partial charge in [0.15, 0.2) is 0 Å². The molecule has 0 unspecified atom stereocenters. The van der Waals surface area contributed by atoms with Crippen molar-refractivity contribution in [2.75, 3.05) is 0 Å². The summed E-state index contributed by atoms with van der Waals surface area (Å²) in [5.41, 5.74) is 0.298. The van der Waals surface area contributed by atoms with Crippen molar-refractivity contribution in [2.45, 2.75) is 40.1 Å². The van der Waals surface area contributed by atoms with Gasteiger partial charge in [-0.2, -0.15) is 0 Å². The van der Waals surface area contributed by atoms with Crippen LogP contribution in [0.5, 0.6) is 0 Å². The number of hydrogen-bond acceptors (Lipinski definition) is 1. The third-order valence-corrected chi connectivity index (χ3v) is 1.14. The number of aliphatic imine (C=N–C) groups is 1. The van der Waals surface area contributed by atoms with E-state index < -0.39 is 0 Å². The molecule has 0 rings (SSSR count). The molecule has 0 radical (unpaired) electrons. The molecule has 2 heteroatoms. The van der Waals surface area contributed by atoms with Crippen LogP contribution in [0, 0.1) is 5.41 Å². The largest absolute Gasteiger partial charge is 0.296 e. The zero-order valence-electron chi connectivity index (χ0n) is 9.18. The summed E-state index contributed by atoms with van der Waals surface area (Å²) in [5, 5.41) is 0. The van der Waals surface area contributed by atoms with Crippen molar-refractivity contribution < 1.29 is 0 Å². The van der Waals surface area contributed by atoms with Gasteiger partial charge < -0.3 is 0 Å². The molecule has 0 aromatic rings. The summed E-state index contributed by atoms with van der Waals surface area (Å²) in [4.78, 5) is 4.35. The molecule has 0 bridgehead atoms. The van der Waals surface area contributed by atoms with E-state index in [4.69, 9.17) is 0 Å². The maximum atomic E-state index is 4.35. The van der Waals surface area contributed by atoms with Crippen LogP contribution in [0.3, 0.4) is 0 Å². The molecule has 1 nitrogen and oxygen atoms in total. The molecule has 0 N–H and O–H groups in total. The Morgan fingerprint density at radius 2 is 1.58 bits per heavy atom. The second-order valence-corrected chi connectivity index (χ2v) is 5.17. The molecule has 12 heavy (non-hydrogen) atoms.